The smallest absolute Gasteiger partial charge is 0.171 e. The average Bonchev–Trinajstić information content (AvgIpc) is 2.61. The topological polar surface area (TPSA) is 12.4 Å². The van der Waals surface area contributed by atoms with Crippen molar-refractivity contribution in [1.82, 2.24) is 0 Å². The molecule has 3 heteroatoms. The second-order valence-corrected chi connectivity index (χ2v) is 15.3. The van der Waals surface area contributed by atoms with Gasteiger partial charge in [-0.15, -0.1) is 0 Å². The lowest BCUT2D eigenvalue weighted by molar-refractivity contribution is 1.51. The van der Waals surface area contributed by atoms with Gasteiger partial charge in [0.05, 0.1) is 0 Å². The summed E-state index contributed by atoms with van der Waals surface area (Å²) in [5.41, 5.74) is 1.32. The van der Waals surface area contributed by atoms with Crippen LogP contribution in [0.15, 0.2) is 89.3 Å². The highest BCUT2D eigenvalue weighted by atomic mass is 31.2. The maximum atomic E-state index is 5.66. The fraction of sp³-hybridized carbons (Fsp3) is 0.182. The van der Waals surface area contributed by atoms with E-state index in [1.165, 1.54) is 21.5 Å². The standard InChI is InChI=1S/C22H26NPSi/c1-19-13-11-12-18-22(19)24(23-25(2,3)4,20-14-7-5-8-15-20)21-16-9-6-10-17-21/h5-18H,1-4H3. The Bertz CT molecular complexity index is 853. The summed E-state index contributed by atoms with van der Waals surface area (Å²) in [6.07, 6.45) is 0. The van der Waals surface area contributed by atoms with Gasteiger partial charge >= 0.3 is 0 Å². The van der Waals surface area contributed by atoms with Crippen LogP contribution in [0.4, 0.5) is 0 Å². The molecular weight excluding hydrogens is 337 g/mol. The molecule has 1 nitrogen and oxygen atoms in total. The van der Waals surface area contributed by atoms with E-state index in [4.69, 9.17) is 4.41 Å². The Morgan fingerprint density at radius 2 is 1.08 bits per heavy atom. The molecule has 128 valence electrons. The zero-order chi connectivity index (χ0) is 17.9. The average molecular weight is 364 g/mol. The molecule has 25 heavy (non-hydrogen) atoms. The van der Waals surface area contributed by atoms with E-state index in [1.54, 1.807) is 0 Å². The molecule has 0 fully saturated rings. The van der Waals surface area contributed by atoms with Gasteiger partial charge < -0.3 is 4.41 Å². The highest BCUT2D eigenvalue weighted by Crippen LogP contribution is 2.48. The Morgan fingerprint density at radius 1 is 0.640 bits per heavy atom. The minimum absolute atomic E-state index is 1.32. The van der Waals surface area contributed by atoms with E-state index in [0.29, 0.717) is 0 Å². The van der Waals surface area contributed by atoms with Gasteiger partial charge in [-0.05, 0) is 23.1 Å². The molecule has 3 rings (SSSR count). The van der Waals surface area contributed by atoms with E-state index >= 15 is 0 Å². The predicted octanol–water partition coefficient (Wildman–Crippen LogP) is 5.31. The summed E-state index contributed by atoms with van der Waals surface area (Å²) < 4.78 is 5.66. The zero-order valence-corrected chi connectivity index (χ0v) is 17.4. The number of benzene rings is 3. The summed E-state index contributed by atoms with van der Waals surface area (Å²) in [6, 6.07) is 30.6. The van der Waals surface area contributed by atoms with Crippen LogP contribution in [0.1, 0.15) is 5.56 Å². The summed E-state index contributed by atoms with van der Waals surface area (Å²) in [4.78, 5) is 0. The van der Waals surface area contributed by atoms with Gasteiger partial charge in [-0.25, -0.2) is 0 Å². The first-order valence-electron chi connectivity index (χ1n) is 8.74. The van der Waals surface area contributed by atoms with Gasteiger partial charge in [0.25, 0.3) is 0 Å². The van der Waals surface area contributed by atoms with Crippen LogP contribution < -0.4 is 15.9 Å². The Labute approximate surface area is 152 Å². The van der Waals surface area contributed by atoms with Crippen LogP contribution in [0, 0.1) is 6.92 Å². The van der Waals surface area contributed by atoms with Gasteiger partial charge in [0.2, 0.25) is 0 Å². The Hall–Kier alpha value is -1.89. The van der Waals surface area contributed by atoms with Crippen molar-refractivity contribution < 1.29 is 0 Å². The van der Waals surface area contributed by atoms with Crippen LogP contribution in [0.25, 0.3) is 0 Å². The van der Waals surface area contributed by atoms with Crippen molar-refractivity contribution in [3.8, 4) is 0 Å². The van der Waals surface area contributed by atoms with Crippen molar-refractivity contribution in [3.63, 3.8) is 0 Å². The minimum atomic E-state index is -2.03. The number of hydrogen-bond acceptors (Lipinski definition) is 1. The molecule has 0 unspecified atom stereocenters. The Balaban J connectivity index is 2.50. The van der Waals surface area contributed by atoms with E-state index < -0.39 is 15.3 Å². The molecule has 0 saturated heterocycles. The largest absolute Gasteiger partial charge is 0.325 e. The predicted molar refractivity (Wildman–Crippen MR) is 116 cm³/mol. The Morgan fingerprint density at radius 3 is 1.52 bits per heavy atom. The van der Waals surface area contributed by atoms with Crippen molar-refractivity contribution in [2.24, 2.45) is 4.41 Å². The molecule has 0 spiro atoms. The van der Waals surface area contributed by atoms with E-state index in [0.717, 1.165) is 0 Å². The maximum Gasteiger partial charge on any atom is 0.171 e. The summed E-state index contributed by atoms with van der Waals surface area (Å²) in [5, 5.41) is 4.07. The molecule has 0 aliphatic rings. The molecule has 0 radical (unpaired) electrons. The van der Waals surface area contributed by atoms with Crippen molar-refractivity contribution in [3.05, 3.63) is 90.5 Å². The van der Waals surface area contributed by atoms with Crippen molar-refractivity contribution in [2.75, 3.05) is 0 Å². The van der Waals surface area contributed by atoms with Crippen molar-refractivity contribution >= 4 is 31.2 Å². The SMILES string of the molecule is Cc1ccccc1P(=N[Si](C)(C)C)(c1ccccc1)c1ccccc1. The molecule has 0 heterocycles. The minimum Gasteiger partial charge on any atom is -0.325 e. The third-order valence-electron chi connectivity index (χ3n) is 4.17. The number of aryl methyl sites for hydroxylation is 1. The molecule has 0 N–H and O–H groups in total. The number of nitrogens with zero attached hydrogens (tertiary/aromatic N) is 1. The lowest BCUT2D eigenvalue weighted by atomic mass is 10.2. The third kappa shape index (κ3) is 3.71. The molecule has 0 aromatic heterocycles. The first-order chi connectivity index (χ1) is 11.9. The number of hydrogen-bond donors (Lipinski definition) is 0. The second-order valence-electron chi connectivity index (χ2n) is 7.36. The molecule has 0 aliphatic carbocycles. The highest BCUT2D eigenvalue weighted by molar-refractivity contribution is 7.88. The molecule has 0 bridgehead atoms. The number of rotatable bonds is 4. The fourth-order valence-corrected chi connectivity index (χ4v) is 11.2. The van der Waals surface area contributed by atoms with Crippen LogP contribution >= 0.6 is 7.05 Å². The molecule has 0 saturated carbocycles. The normalized spacial score (nSPS) is 12.0. The fourth-order valence-electron chi connectivity index (χ4n) is 3.26. The molecule has 0 aliphatic heterocycles. The summed E-state index contributed by atoms with van der Waals surface area (Å²) in [7, 11) is -3.72. The van der Waals surface area contributed by atoms with Crippen LogP contribution in [0.2, 0.25) is 19.6 Å². The van der Waals surface area contributed by atoms with Crippen LogP contribution in [-0.2, 0) is 0 Å². The molecule has 3 aromatic rings. The van der Waals surface area contributed by atoms with Gasteiger partial charge in [-0.3, -0.25) is 0 Å². The maximum absolute atomic E-state index is 5.66. The quantitative estimate of drug-likeness (QED) is 0.440. The monoisotopic (exact) mass is 363 g/mol. The van der Waals surface area contributed by atoms with Gasteiger partial charge in [0, 0.05) is 12.4 Å². The van der Waals surface area contributed by atoms with E-state index in [-0.39, 0.29) is 0 Å². The van der Waals surface area contributed by atoms with Gasteiger partial charge in [0.15, 0.2) is 8.24 Å². The van der Waals surface area contributed by atoms with Gasteiger partial charge in [0.1, 0.15) is 0 Å². The lowest BCUT2D eigenvalue weighted by Crippen LogP contribution is -2.30. The van der Waals surface area contributed by atoms with Crippen molar-refractivity contribution in [1.29, 1.82) is 0 Å². The van der Waals surface area contributed by atoms with E-state index in [2.05, 4.69) is 111 Å². The summed E-state index contributed by atoms with van der Waals surface area (Å²) >= 11 is 0. The summed E-state index contributed by atoms with van der Waals surface area (Å²) in [5.74, 6) is 0. The van der Waals surface area contributed by atoms with Crippen LogP contribution in [-0.4, -0.2) is 8.24 Å². The van der Waals surface area contributed by atoms with Crippen LogP contribution in [0.3, 0.4) is 0 Å². The summed E-state index contributed by atoms with van der Waals surface area (Å²) in [6.45, 7) is 9.24. The molecular formula is C22H26NPSi. The first kappa shape index (κ1) is 17.9. The van der Waals surface area contributed by atoms with Crippen LogP contribution in [0.5, 0.6) is 0 Å². The highest BCUT2D eigenvalue weighted by Gasteiger charge is 2.30. The Kier molecular flexibility index (Phi) is 5.13. The van der Waals surface area contributed by atoms with Crippen molar-refractivity contribution in [2.45, 2.75) is 26.6 Å². The zero-order valence-electron chi connectivity index (χ0n) is 15.5. The van der Waals surface area contributed by atoms with E-state index in [1.807, 2.05) is 0 Å². The van der Waals surface area contributed by atoms with Gasteiger partial charge in [-0.1, -0.05) is 105 Å². The first-order valence-corrected chi connectivity index (χ1v) is 13.9. The lowest BCUT2D eigenvalue weighted by Gasteiger charge is -2.31. The molecule has 0 atom stereocenters. The molecule has 0 amide bonds. The van der Waals surface area contributed by atoms with Gasteiger partial charge in [-0.2, -0.15) is 0 Å². The van der Waals surface area contributed by atoms with E-state index in [9.17, 15) is 0 Å². The second kappa shape index (κ2) is 7.15. The third-order valence-corrected chi connectivity index (χ3v) is 11.1. The molecule has 3 aromatic carbocycles.